The number of rotatable bonds is 9. The number of carbonyl (C=O) groups excluding carboxylic acids is 1. The number of aliphatic carboxylic acids is 1. The van der Waals surface area contributed by atoms with Gasteiger partial charge in [0.15, 0.2) is 0 Å². The maximum Gasteiger partial charge on any atom is 0.326 e. The summed E-state index contributed by atoms with van der Waals surface area (Å²) in [6.45, 7) is 6.44. The molecule has 112 valence electrons. The summed E-state index contributed by atoms with van der Waals surface area (Å²) in [5, 5.41) is 20.5. The first-order valence-corrected chi connectivity index (χ1v) is 6.81. The van der Waals surface area contributed by atoms with Gasteiger partial charge in [-0.2, -0.15) is 0 Å². The Morgan fingerprint density at radius 2 is 1.89 bits per heavy atom. The summed E-state index contributed by atoms with van der Waals surface area (Å²) in [4.78, 5) is 24.5. The summed E-state index contributed by atoms with van der Waals surface area (Å²) in [6.07, 6.45) is 2.15. The van der Waals surface area contributed by atoms with Crippen molar-refractivity contribution in [3.8, 4) is 0 Å². The number of hydrogen-bond acceptors (Lipinski definition) is 3. The van der Waals surface area contributed by atoms with E-state index >= 15 is 0 Å². The van der Waals surface area contributed by atoms with Crippen LogP contribution in [0.3, 0.4) is 0 Å². The predicted molar refractivity (Wildman–Crippen MR) is 73.0 cm³/mol. The van der Waals surface area contributed by atoms with E-state index in [1.54, 1.807) is 0 Å². The van der Waals surface area contributed by atoms with Crippen LogP contribution in [0, 0.1) is 5.92 Å². The van der Waals surface area contributed by atoms with Gasteiger partial charge in [-0.05, 0) is 18.8 Å². The Bertz CT molecular complexity index is 282. The molecule has 0 fully saturated rings. The molecule has 0 rings (SSSR count). The molecule has 0 aliphatic rings. The van der Waals surface area contributed by atoms with Gasteiger partial charge >= 0.3 is 12.0 Å². The Labute approximate surface area is 114 Å². The molecular weight excluding hydrogens is 248 g/mol. The lowest BCUT2D eigenvalue weighted by Crippen LogP contribution is -2.49. The lowest BCUT2D eigenvalue weighted by molar-refractivity contribution is -0.139. The van der Waals surface area contributed by atoms with E-state index in [0.717, 1.165) is 12.8 Å². The third kappa shape index (κ3) is 7.66. The van der Waals surface area contributed by atoms with Gasteiger partial charge in [-0.3, -0.25) is 0 Å². The Hall–Kier alpha value is -1.30. The molecule has 3 N–H and O–H groups in total. The van der Waals surface area contributed by atoms with E-state index in [-0.39, 0.29) is 19.1 Å². The Balaban J connectivity index is 4.51. The highest BCUT2D eigenvalue weighted by atomic mass is 16.4. The van der Waals surface area contributed by atoms with Crippen LogP contribution >= 0.6 is 0 Å². The van der Waals surface area contributed by atoms with Gasteiger partial charge < -0.3 is 20.4 Å². The molecule has 1 atom stereocenters. The molecule has 0 unspecified atom stereocenters. The number of carboxylic acids is 1. The molecular formula is C13H26N2O4. The number of carbonyl (C=O) groups is 2. The molecule has 0 aromatic heterocycles. The van der Waals surface area contributed by atoms with Crippen LogP contribution < -0.4 is 5.32 Å². The van der Waals surface area contributed by atoms with Gasteiger partial charge in [0.1, 0.15) is 6.04 Å². The second-order valence-electron chi connectivity index (χ2n) is 5.03. The number of carboxylic acid groups (broad SMARTS) is 1. The molecule has 0 aromatic rings. The van der Waals surface area contributed by atoms with Crippen molar-refractivity contribution in [3.05, 3.63) is 0 Å². The van der Waals surface area contributed by atoms with Crippen LogP contribution in [0.1, 0.15) is 40.0 Å². The molecule has 19 heavy (non-hydrogen) atoms. The first kappa shape index (κ1) is 17.7. The fourth-order valence-corrected chi connectivity index (χ4v) is 1.72. The topological polar surface area (TPSA) is 89.9 Å². The van der Waals surface area contributed by atoms with E-state index in [2.05, 4.69) is 5.32 Å². The molecule has 2 amide bonds. The predicted octanol–water partition coefficient (Wildman–Crippen LogP) is 1.29. The maximum atomic E-state index is 12.0. The summed E-state index contributed by atoms with van der Waals surface area (Å²) in [6, 6.07) is -1.30. The summed E-state index contributed by atoms with van der Waals surface area (Å²) >= 11 is 0. The van der Waals surface area contributed by atoms with Gasteiger partial charge in [-0.15, -0.1) is 0 Å². The van der Waals surface area contributed by atoms with Crippen LogP contribution in [0.4, 0.5) is 4.79 Å². The molecule has 6 nitrogen and oxygen atoms in total. The summed E-state index contributed by atoms with van der Waals surface area (Å²) in [5.41, 5.74) is 0. The molecule has 0 radical (unpaired) electrons. The average molecular weight is 274 g/mol. The maximum absolute atomic E-state index is 12.0. The average Bonchev–Trinajstić information content (AvgIpc) is 2.32. The van der Waals surface area contributed by atoms with Crippen LogP contribution in [0.25, 0.3) is 0 Å². The molecule has 0 saturated heterocycles. The van der Waals surface area contributed by atoms with Crippen molar-refractivity contribution in [3.63, 3.8) is 0 Å². The number of nitrogens with zero attached hydrogens (tertiary/aromatic N) is 1. The second-order valence-corrected chi connectivity index (χ2v) is 5.03. The van der Waals surface area contributed by atoms with Crippen LogP contribution in [-0.2, 0) is 4.79 Å². The normalized spacial score (nSPS) is 12.3. The second kappa shape index (κ2) is 9.61. The molecule has 0 saturated carbocycles. The van der Waals surface area contributed by atoms with Gasteiger partial charge in [0.2, 0.25) is 0 Å². The van der Waals surface area contributed by atoms with E-state index < -0.39 is 18.0 Å². The van der Waals surface area contributed by atoms with Crippen molar-refractivity contribution in [2.45, 2.75) is 46.1 Å². The molecule has 0 heterocycles. The monoisotopic (exact) mass is 274 g/mol. The van der Waals surface area contributed by atoms with Crippen molar-refractivity contribution in [2.24, 2.45) is 5.92 Å². The number of aliphatic hydroxyl groups excluding tert-OH is 1. The number of unbranched alkanes of at least 4 members (excludes halogenated alkanes) is 1. The highest BCUT2D eigenvalue weighted by Crippen LogP contribution is 2.06. The number of amides is 2. The van der Waals surface area contributed by atoms with E-state index in [9.17, 15) is 9.59 Å². The van der Waals surface area contributed by atoms with Crippen LogP contribution in [0.15, 0.2) is 0 Å². The molecule has 0 spiro atoms. The van der Waals surface area contributed by atoms with E-state index in [1.165, 1.54) is 4.90 Å². The number of aliphatic hydroxyl groups is 1. The quantitative estimate of drug-likeness (QED) is 0.591. The third-order valence-electron chi connectivity index (χ3n) is 2.74. The summed E-state index contributed by atoms with van der Waals surface area (Å²) in [5.74, 6) is -0.843. The molecule has 0 aliphatic heterocycles. The lowest BCUT2D eigenvalue weighted by Gasteiger charge is -2.25. The molecule has 0 aromatic carbocycles. The zero-order valence-corrected chi connectivity index (χ0v) is 12.1. The lowest BCUT2D eigenvalue weighted by atomic mass is 10.0. The van der Waals surface area contributed by atoms with Gasteiger partial charge in [-0.1, -0.05) is 27.2 Å². The van der Waals surface area contributed by atoms with Gasteiger partial charge in [0.05, 0.1) is 6.61 Å². The summed E-state index contributed by atoms with van der Waals surface area (Å²) < 4.78 is 0. The SMILES string of the molecule is CCCCN(CCO)C(=O)N[C@H](CC(C)C)C(=O)O. The third-order valence-corrected chi connectivity index (χ3v) is 2.74. The number of hydrogen-bond donors (Lipinski definition) is 3. The van der Waals surface area contributed by atoms with Gasteiger partial charge in [-0.25, -0.2) is 9.59 Å². The highest BCUT2D eigenvalue weighted by Gasteiger charge is 2.23. The Morgan fingerprint density at radius 3 is 2.32 bits per heavy atom. The zero-order chi connectivity index (χ0) is 14.8. The van der Waals surface area contributed by atoms with Crippen molar-refractivity contribution >= 4 is 12.0 Å². The number of urea groups is 1. The minimum atomic E-state index is -1.03. The summed E-state index contributed by atoms with van der Waals surface area (Å²) in [7, 11) is 0. The first-order chi connectivity index (χ1) is 8.92. The molecule has 6 heteroatoms. The highest BCUT2D eigenvalue weighted by molar-refractivity contribution is 5.82. The van der Waals surface area contributed by atoms with Crippen molar-refractivity contribution in [1.29, 1.82) is 0 Å². The Kier molecular flexibility index (Phi) is 8.95. The standard InChI is InChI=1S/C13H26N2O4/c1-4-5-6-15(7-8-16)13(19)14-11(12(17)18)9-10(2)3/h10-11,16H,4-9H2,1-3H3,(H,14,19)(H,17,18)/t11-/m1/s1. The molecule has 0 aliphatic carbocycles. The minimum Gasteiger partial charge on any atom is -0.480 e. The minimum absolute atomic E-state index is 0.126. The van der Waals surface area contributed by atoms with Crippen molar-refractivity contribution in [1.82, 2.24) is 10.2 Å². The smallest absolute Gasteiger partial charge is 0.326 e. The fraction of sp³-hybridized carbons (Fsp3) is 0.846. The van der Waals surface area contributed by atoms with E-state index in [0.29, 0.717) is 13.0 Å². The first-order valence-electron chi connectivity index (χ1n) is 6.81. The van der Waals surface area contributed by atoms with Gasteiger partial charge in [0.25, 0.3) is 0 Å². The van der Waals surface area contributed by atoms with E-state index in [1.807, 2.05) is 20.8 Å². The molecule has 0 bridgehead atoms. The van der Waals surface area contributed by atoms with Crippen LogP contribution in [0.2, 0.25) is 0 Å². The van der Waals surface area contributed by atoms with E-state index in [4.69, 9.17) is 10.2 Å². The number of nitrogens with one attached hydrogen (secondary N) is 1. The largest absolute Gasteiger partial charge is 0.480 e. The van der Waals surface area contributed by atoms with Crippen molar-refractivity contribution < 1.29 is 19.8 Å². The van der Waals surface area contributed by atoms with Crippen LogP contribution in [-0.4, -0.2) is 52.9 Å². The zero-order valence-electron chi connectivity index (χ0n) is 12.1. The Morgan fingerprint density at radius 1 is 1.26 bits per heavy atom. The fourth-order valence-electron chi connectivity index (χ4n) is 1.72. The van der Waals surface area contributed by atoms with Gasteiger partial charge in [0, 0.05) is 13.1 Å². The van der Waals surface area contributed by atoms with Crippen molar-refractivity contribution in [2.75, 3.05) is 19.7 Å². The van der Waals surface area contributed by atoms with Crippen LogP contribution in [0.5, 0.6) is 0 Å².